The zero-order valence-electron chi connectivity index (χ0n) is 10.5. The van der Waals surface area contributed by atoms with E-state index < -0.39 is 0 Å². The maximum absolute atomic E-state index is 12.2. The quantitative estimate of drug-likeness (QED) is 0.742. The molecule has 0 aromatic carbocycles. The Morgan fingerprint density at radius 1 is 1.32 bits per heavy atom. The van der Waals surface area contributed by atoms with Gasteiger partial charge in [-0.15, -0.1) is 0 Å². The van der Waals surface area contributed by atoms with Gasteiger partial charge in [-0.1, -0.05) is 0 Å². The Bertz CT molecular complexity index is 757. The maximum atomic E-state index is 12.2. The van der Waals surface area contributed by atoms with Gasteiger partial charge in [0.25, 0.3) is 5.91 Å². The van der Waals surface area contributed by atoms with E-state index in [1.807, 2.05) is 14.0 Å². The van der Waals surface area contributed by atoms with E-state index in [0.29, 0.717) is 16.9 Å². The van der Waals surface area contributed by atoms with Crippen LogP contribution in [0.2, 0.25) is 0 Å². The zero-order valence-corrected chi connectivity index (χ0v) is 10.5. The summed E-state index contributed by atoms with van der Waals surface area (Å²) in [5, 5.41) is 11.0. The molecule has 0 aliphatic carbocycles. The third kappa shape index (κ3) is 1.85. The fraction of sp³-hybridized carbons (Fsp3) is 0.167. The van der Waals surface area contributed by atoms with E-state index in [-0.39, 0.29) is 5.91 Å². The number of anilines is 1. The highest BCUT2D eigenvalue weighted by atomic mass is 16.1. The summed E-state index contributed by atoms with van der Waals surface area (Å²) in [7, 11) is 1.82. The smallest absolute Gasteiger partial charge is 0.261 e. The van der Waals surface area contributed by atoms with Gasteiger partial charge in [-0.05, 0) is 13.0 Å². The lowest BCUT2D eigenvalue weighted by atomic mass is 10.3. The Hall–Kier alpha value is -2.70. The van der Waals surface area contributed by atoms with Crippen molar-refractivity contribution in [3.63, 3.8) is 0 Å². The van der Waals surface area contributed by atoms with Gasteiger partial charge in [0, 0.05) is 19.4 Å². The number of aromatic nitrogens is 5. The number of aryl methyl sites for hydroxylation is 1. The molecule has 0 saturated carbocycles. The van der Waals surface area contributed by atoms with Crippen LogP contribution in [-0.4, -0.2) is 30.3 Å². The fourth-order valence-electron chi connectivity index (χ4n) is 1.80. The number of carbonyl (C=O) groups excluding carboxylic acids is 1. The fourth-order valence-corrected chi connectivity index (χ4v) is 1.80. The Morgan fingerprint density at radius 2 is 2.16 bits per heavy atom. The van der Waals surface area contributed by atoms with E-state index >= 15 is 0 Å². The molecule has 0 aliphatic rings. The van der Waals surface area contributed by atoms with Gasteiger partial charge in [0.05, 0.1) is 23.8 Å². The predicted molar refractivity (Wildman–Crippen MR) is 68.9 cm³/mol. The molecule has 0 saturated heterocycles. The summed E-state index contributed by atoms with van der Waals surface area (Å²) in [5.74, 6) is -0.246. The van der Waals surface area contributed by atoms with Crippen molar-refractivity contribution in [2.75, 3.05) is 5.32 Å². The molecule has 1 N–H and O–H groups in total. The topological polar surface area (TPSA) is 77.1 Å². The number of amides is 1. The molecule has 1 amide bonds. The molecule has 3 heterocycles. The molecule has 0 aliphatic heterocycles. The molecule has 7 nitrogen and oxygen atoms in total. The van der Waals surface area contributed by atoms with E-state index in [4.69, 9.17) is 0 Å². The lowest BCUT2D eigenvalue weighted by Gasteiger charge is -2.02. The second kappa shape index (κ2) is 4.20. The number of fused-ring (bicyclic) bond motifs is 1. The van der Waals surface area contributed by atoms with Gasteiger partial charge in [-0.25, -0.2) is 9.50 Å². The number of hydrogen-bond donors (Lipinski definition) is 1. The molecule has 0 atom stereocenters. The van der Waals surface area contributed by atoms with Crippen LogP contribution in [0.3, 0.4) is 0 Å². The van der Waals surface area contributed by atoms with Crippen LogP contribution in [0.25, 0.3) is 5.65 Å². The van der Waals surface area contributed by atoms with Crippen LogP contribution in [0.4, 0.5) is 5.69 Å². The van der Waals surface area contributed by atoms with Crippen LogP contribution < -0.4 is 5.32 Å². The van der Waals surface area contributed by atoms with Crippen molar-refractivity contribution >= 4 is 17.2 Å². The lowest BCUT2D eigenvalue weighted by molar-refractivity contribution is 0.102. The molecule has 0 radical (unpaired) electrons. The summed E-state index contributed by atoms with van der Waals surface area (Å²) in [5.41, 5.74) is 2.53. The van der Waals surface area contributed by atoms with Gasteiger partial charge in [0.15, 0.2) is 5.65 Å². The van der Waals surface area contributed by atoms with Crippen LogP contribution in [-0.2, 0) is 7.05 Å². The summed E-state index contributed by atoms with van der Waals surface area (Å²) < 4.78 is 3.26. The van der Waals surface area contributed by atoms with Crippen molar-refractivity contribution in [3.8, 4) is 0 Å². The highest BCUT2D eigenvalue weighted by Gasteiger charge is 2.15. The van der Waals surface area contributed by atoms with Crippen LogP contribution in [0.5, 0.6) is 0 Å². The van der Waals surface area contributed by atoms with Crippen molar-refractivity contribution in [1.29, 1.82) is 0 Å². The minimum atomic E-state index is -0.246. The Morgan fingerprint density at radius 3 is 2.89 bits per heavy atom. The number of hydrogen-bond acceptors (Lipinski definition) is 4. The van der Waals surface area contributed by atoms with Crippen LogP contribution in [0, 0.1) is 6.92 Å². The van der Waals surface area contributed by atoms with Crippen molar-refractivity contribution in [3.05, 3.63) is 42.1 Å². The van der Waals surface area contributed by atoms with Gasteiger partial charge in [-0.2, -0.15) is 10.2 Å². The number of nitrogens with zero attached hydrogens (tertiary/aromatic N) is 5. The molecule has 0 fully saturated rings. The van der Waals surface area contributed by atoms with Gasteiger partial charge in [-0.3, -0.25) is 9.48 Å². The Balaban J connectivity index is 1.94. The number of nitrogens with one attached hydrogen (secondary N) is 1. The maximum Gasteiger partial charge on any atom is 0.261 e. The van der Waals surface area contributed by atoms with E-state index in [1.54, 1.807) is 33.9 Å². The molecule has 0 unspecified atom stereocenters. The zero-order chi connectivity index (χ0) is 13.4. The second-order valence-corrected chi connectivity index (χ2v) is 4.17. The van der Waals surface area contributed by atoms with Crippen molar-refractivity contribution in [2.24, 2.45) is 7.05 Å². The minimum Gasteiger partial charge on any atom is -0.319 e. The highest BCUT2D eigenvalue weighted by molar-refractivity contribution is 6.08. The molecule has 0 spiro atoms. The lowest BCUT2D eigenvalue weighted by Crippen LogP contribution is -2.12. The molecular weight excluding hydrogens is 244 g/mol. The number of carbonyl (C=O) groups is 1. The molecular formula is C12H12N6O. The highest BCUT2D eigenvalue weighted by Crippen LogP contribution is 2.15. The molecule has 3 aromatic heterocycles. The molecule has 19 heavy (non-hydrogen) atoms. The van der Waals surface area contributed by atoms with E-state index in [0.717, 1.165) is 5.69 Å². The summed E-state index contributed by atoms with van der Waals surface area (Å²) >= 11 is 0. The van der Waals surface area contributed by atoms with Gasteiger partial charge >= 0.3 is 0 Å². The first-order valence-corrected chi connectivity index (χ1v) is 5.75. The third-order valence-electron chi connectivity index (χ3n) is 3.01. The monoisotopic (exact) mass is 256 g/mol. The van der Waals surface area contributed by atoms with Crippen molar-refractivity contribution in [1.82, 2.24) is 24.4 Å². The molecule has 7 heteroatoms. The normalized spacial score (nSPS) is 10.8. The molecule has 3 rings (SSSR count). The average Bonchev–Trinajstić information content (AvgIpc) is 2.97. The van der Waals surface area contributed by atoms with Gasteiger partial charge in [0.2, 0.25) is 0 Å². The molecule has 0 bridgehead atoms. The van der Waals surface area contributed by atoms with Crippen LogP contribution in [0.15, 0.2) is 30.9 Å². The first-order chi connectivity index (χ1) is 9.16. The van der Waals surface area contributed by atoms with Crippen molar-refractivity contribution in [2.45, 2.75) is 6.92 Å². The van der Waals surface area contributed by atoms with E-state index in [1.165, 1.54) is 6.20 Å². The summed E-state index contributed by atoms with van der Waals surface area (Å²) in [4.78, 5) is 16.4. The standard InChI is InChI=1S/C12H12N6O/c1-8-10(7-14-17(8)2)16-12(19)9-6-15-18-5-3-4-13-11(9)18/h3-7H,1-2H3,(H,16,19). The summed E-state index contributed by atoms with van der Waals surface area (Å²) in [6.07, 6.45) is 6.49. The van der Waals surface area contributed by atoms with Crippen LogP contribution >= 0.6 is 0 Å². The van der Waals surface area contributed by atoms with E-state index in [9.17, 15) is 4.79 Å². The van der Waals surface area contributed by atoms with E-state index in [2.05, 4.69) is 20.5 Å². The molecule has 96 valence electrons. The van der Waals surface area contributed by atoms with Crippen LogP contribution in [0.1, 0.15) is 16.1 Å². The first kappa shape index (κ1) is 11.4. The van der Waals surface area contributed by atoms with Gasteiger partial charge < -0.3 is 5.32 Å². The second-order valence-electron chi connectivity index (χ2n) is 4.17. The largest absolute Gasteiger partial charge is 0.319 e. The van der Waals surface area contributed by atoms with Gasteiger partial charge in [0.1, 0.15) is 5.56 Å². The minimum absolute atomic E-state index is 0.246. The SMILES string of the molecule is Cc1c(NC(=O)c2cnn3cccnc23)cnn1C. The first-order valence-electron chi connectivity index (χ1n) is 5.75. The Kier molecular flexibility index (Phi) is 2.52. The van der Waals surface area contributed by atoms with Crippen molar-refractivity contribution < 1.29 is 4.79 Å². The summed E-state index contributed by atoms with van der Waals surface area (Å²) in [6.45, 7) is 1.89. The third-order valence-corrected chi connectivity index (χ3v) is 3.01. The Labute approximate surface area is 108 Å². The molecule has 3 aromatic rings. The number of rotatable bonds is 2. The average molecular weight is 256 g/mol. The predicted octanol–water partition coefficient (Wildman–Crippen LogP) is 1.02. The summed E-state index contributed by atoms with van der Waals surface area (Å²) in [6, 6.07) is 1.76.